The first-order chi connectivity index (χ1) is 8.61. The summed E-state index contributed by atoms with van der Waals surface area (Å²) in [4.78, 5) is 3.88. The van der Waals surface area contributed by atoms with Gasteiger partial charge >= 0.3 is 0 Å². The van der Waals surface area contributed by atoms with E-state index in [0.717, 1.165) is 23.2 Å². The van der Waals surface area contributed by atoms with Gasteiger partial charge in [-0.15, -0.1) is 0 Å². The highest BCUT2D eigenvalue weighted by molar-refractivity contribution is 5.66. The van der Waals surface area contributed by atoms with Gasteiger partial charge in [0, 0.05) is 11.3 Å². The summed E-state index contributed by atoms with van der Waals surface area (Å²) in [6, 6.07) is 11.6. The zero-order valence-corrected chi connectivity index (χ0v) is 11.1. The van der Waals surface area contributed by atoms with Gasteiger partial charge in [0.05, 0.1) is 0 Å². The van der Waals surface area contributed by atoms with Crippen molar-refractivity contribution in [2.24, 2.45) is 0 Å². The van der Waals surface area contributed by atoms with E-state index in [9.17, 15) is 4.39 Å². The zero-order valence-electron chi connectivity index (χ0n) is 11.1. The second-order valence-corrected chi connectivity index (χ2v) is 4.70. The molecule has 0 aliphatic carbocycles. The Kier molecular flexibility index (Phi) is 3.75. The number of hydrogen-bond acceptors (Lipinski definition) is 1. The predicted molar refractivity (Wildman–Crippen MR) is 73.1 cm³/mol. The molecule has 0 radical (unpaired) electrons. The Balaban J connectivity index is 2.44. The Morgan fingerprint density at radius 3 is 2.67 bits per heavy atom. The summed E-state index contributed by atoms with van der Waals surface area (Å²) in [6.45, 7) is 6.24. The number of aryl methyl sites for hydroxylation is 1. The van der Waals surface area contributed by atoms with Crippen molar-refractivity contribution < 1.29 is 4.39 Å². The Morgan fingerprint density at radius 1 is 1.22 bits per heavy atom. The molecule has 94 valence electrons. The fourth-order valence-corrected chi connectivity index (χ4v) is 2.08. The van der Waals surface area contributed by atoms with Crippen molar-refractivity contribution in [2.45, 2.75) is 33.1 Å². The molecule has 0 bridgehead atoms. The van der Waals surface area contributed by atoms with Crippen molar-refractivity contribution in [2.75, 3.05) is 0 Å². The van der Waals surface area contributed by atoms with E-state index >= 15 is 0 Å². The molecule has 2 rings (SSSR count). The molecule has 2 aromatic rings. The standard InChI is InChI=1S/C16H18FN/c1-4-11(2)13-6-5-7-14(10-13)15-8-9-16(17)18-12(15)3/h5-11H,4H2,1-3H3. The monoisotopic (exact) mass is 243 g/mol. The van der Waals surface area contributed by atoms with Gasteiger partial charge in [0.2, 0.25) is 5.95 Å². The van der Waals surface area contributed by atoms with E-state index < -0.39 is 5.95 Å². The lowest BCUT2D eigenvalue weighted by atomic mass is 9.94. The highest BCUT2D eigenvalue weighted by Gasteiger charge is 2.07. The average molecular weight is 243 g/mol. The van der Waals surface area contributed by atoms with Gasteiger partial charge in [-0.05, 0) is 42.5 Å². The lowest BCUT2D eigenvalue weighted by Crippen LogP contribution is -1.94. The van der Waals surface area contributed by atoms with Crippen LogP contribution in [0.4, 0.5) is 4.39 Å². The Morgan fingerprint density at radius 2 is 2.00 bits per heavy atom. The molecule has 0 amide bonds. The maximum Gasteiger partial charge on any atom is 0.213 e. The fraction of sp³-hybridized carbons (Fsp3) is 0.312. The molecular weight excluding hydrogens is 225 g/mol. The summed E-state index contributed by atoms with van der Waals surface area (Å²) in [6.07, 6.45) is 1.12. The number of aromatic nitrogens is 1. The molecule has 1 aromatic carbocycles. The second-order valence-electron chi connectivity index (χ2n) is 4.70. The van der Waals surface area contributed by atoms with Crippen molar-refractivity contribution in [3.05, 3.63) is 53.6 Å². The van der Waals surface area contributed by atoms with Gasteiger partial charge in [-0.2, -0.15) is 4.39 Å². The third-order valence-electron chi connectivity index (χ3n) is 3.43. The summed E-state index contributed by atoms with van der Waals surface area (Å²) in [5, 5.41) is 0. The molecule has 18 heavy (non-hydrogen) atoms. The van der Waals surface area contributed by atoms with Gasteiger partial charge in [-0.3, -0.25) is 0 Å². The van der Waals surface area contributed by atoms with Gasteiger partial charge in [0.15, 0.2) is 0 Å². The number of halogens is 1. The molecule has 1 unspecified atom stereocenters. The van der Waals surface area contributed by atoms with E-state index in [1.807, 2.05) is 13.0 Å². The first-order valence-corrected chi connectivity index (χ1v) is 6.35. The third kappa shape index (κ3) is 2.58. The Labute approximate surface area is 108 Å². The Hall–Kier alpha value is -1.70. The van der Waals surface area contributed by atoms with Crippen molar-refractivity contribution in [1.29, 1.82) is 0 Å². The van der Waals surface area contributed by atoms with Gasteiger partial charge < -0.3 is 0 Å². The molecule has 1 heterocycles. The first-order valence-electron chi connectivity index (χ1n) is 6.35. The van der Waals surface area contributed by atoms with E-state index in [4.69, 9.17) is 0 Å². The number of nitrogens with zero attached hydrogens (tertiary/aromatic N) is 1. The van der Waals surface area contributed by atoms with Gasteiger partial charge in [0.1, 0.15) is 0 Å². The van der Waals surface area contributed by atoms with E-state index in [-0.39, 0.29) is 0 Å². The highest BCUT2D eigenvalue weighted by atomic mass is 19.1. The average Bonchev–Trinajstić information content (AvgIpc) is 2.38. The summed E-state index contributed by atoms with van der Waals surface area (Å²) in [7, 11) is 0. The minimum absolute atomic E-state index is 0.422. The van der Waals surface area contributed by atoms with Crippen LogP contribution < -0.4 is 0 Å². The number of hydrogen-bond donors (Lipinski definition) is 0. The molecule has 0 N–H and O–H groups in total. The fourth-order valence-electron chi connectivity index (χ4n) is 2.08. The van der Waals surface area contributed by atoms with Crippen molar-refractivity contribution >= 4 is 0 Å². The first kappa shape index (κ1) is 12.7. The lowest BCUT2D eigenvalue weighted by Gasteiger charge is -2.12. The summed E-state index contributed by atoms with van der Waals surface area (Å²) < 4.78 is 13.0. The van der Waals surface area contributed by atoms with Crippen LogP contribution in [0.25, 0.3) is 11.1 Å². The maximum atomic E-state index is 13.0. The molecular formula is C16H18FN. The van der Waals surface area contributed by atoms with Crippen molar-refractivity contribution in [3.8, 4) is 11.1 Å². The topological polar surface area (TPSA) is 12.9 Å². The Bertz CT molecular complexity index is 549. The van der Waals surface area contributed by atoms with Crippen molar-refractivity contribution in [1.82, 2.24) is 4.98 Å². The van der Waals surface area contributed by atoms with Crippen LogP contribution in [0, 0.1) is 12.9 Å². The van der Waals surface area contributed by atoms with Crippen LogP contribution in [0.15, 0.2) is 36.4 Å². The van der Waals surface area contributed by atoms with Crippen LogP contribution in [0.1, 0.15) is 37.4 Å². The third-order valence-corrected chi connectivity index (χ3v) is 3.43. The quantitative estimate of drug-likeness (QED) is 0.711. The predicted octanol–water partition coefficient (Wildman–Crippen LogP) is 4.71. The molecule has 0 aliphatic rings. The van der Waals surface area contributed by atoms with Crippen LogP contribution in [0.3, 0.4) is 0 Å². The number of benzene rings is 1. The second kappa shape index (κ2) is 5.30. The van der Waals surface area contributed by atoms with Crippen LogP contribution in [0.5, 0.6) is 0 Å². The van der Waals surface area contributed by atoms with Crippen LogP contribution in [0.2, 0.25) is 0 Å². The number of pyridine rings is 1. The van der Waals surface area contributed by atoms with E-state index in [1.165, 1.54) is 11.6 Å². The highest BCUT2D eigenvalue weighted by Crippen LogP contribution is 2.27. The van der Waals surface area contributed by atoms with Crippen molar-refractivity contribution in [3.63, 3.8) is 0 Å². The molecule has 0 aliphatic heterocycles. The minimum atomic E-state index is -0.422. The van der Waals surface area contributed by atoms with Crippen LogP contribution >= 0.6 is 0 Å². The normalized spacial score (nSPS) is 12.4. The molecule has 0 fully saturated rings. The van der Waals surface area contributed by atoms with Crippen LogP contribution in [-0.4, -0.2) is 4.98 Å². The van der Waals surface area contributed by atoms with Gasteiger partial charge in [-0.25, -0.2) is 4.98 Å². The largest absolute Gasteiger partial charge is 0.224 e. The van der Waals surface area contributed by atoms with E-state index in [0.29, 0.717) is 5.92 Å². The molecule has 0 spiro atoms. The molecule has 1 atom stereocenters. The minimum Gasteiger partial charge on any atom is -0.224 e. The summed E-state index contributed by atoms with van der Waals surface area (Å²) >= 11 is 0. The van der Waals surface area contributed by atoms with E-state index in [2.05, 4.69) is 37.0 Å². The molecule has 2 heteroatoms. The lowest BCUT2D eigenvalue weighted by molar-refractivity contribution is 0.580. The van der Waals surface area contributed by atoms with E-state index in [1.54, 1.807) is 6.07 Å². The molecule has 1 nitrogen and oxygen atoms in total. The summed E-state index contributed by atoms with van der Waals surface area (Å²) in [5.41, 5.74) is 4.16. The number of rotatable bonds is 3. The molecule has 1 aromatic heterocycles. The molecule has 0 saturated carbocycles. The summed E-state index contributed by atoms with van der Waals surface area (Å²) in [5.74, 6) is 0.119. The maximum absolute atomic E-state index is 13.0. The SMILES string of the molecule is CCC(C)c1cccc(-c2ccc(F)nc2C)c1. The molecule has 0 saturated heterocycles. The van der Waals surface area contributed by atoms with Gasteiger partial charge in [-0.1, -0.05) is 38.1 Å². The van der Waals surface area contributed by atoms with Gasteiger partial charge in [0.25, 0.3) is 0 Å². The smallest absolute Gasteiger partial charge is 0.213 e. The van der Waals surface area contributed by atoms with Crippen LogP contribution in [-0.2, 0) is 0 Å². The zero-order chi connectivity index (χ0) is 13.1.